The molecule has 0 saturated heterocycles. The van der Waals surface area contributed by atoms with Crippen LogP contribution >= 0.6 is 0 Å². The van der Waals surface area contributed by atoms with Crippen LogP contribution < -0.4 is 0 Å². The fraction of sp³-hybridized carbons (Fsp3) is 0.417. The van der Waals surface area contributed by atoms with Crippen LogP contribution in [0.25, 0.3) is 0 Å². The number of carbonyl (C=O) groups excluding carboxylic acids is 2. The molecule has 1 heterocycles. The quantitative estimate of drug-likeness (QED) is 0.572. The van der Waals surface area contributed by atoms with Crippen molar-refractivity contribution < 1.29 is 23.5 Å². The minimum Gasteiger partial charge on any atom is -0.468 e. The Labute approximate surface area is 103 Å². The number of halogens is 1. The van der Waals surface area contributed by atoms with Gasteiger partial charge in [-0.15, -0.1) is 0 Å². The molecule has 6 heteroatoms. The molecule has 1 aromatic rings. The molecule has 0 atom stereocenters. The van der Waals surface area contributed by atoms with Crippen molar-refractivity contribution in [2.45, 2.75) is 12.8 Å². The smallest absolute Gasteiger partial charge is 0.323 e. The Hall–Kier alpha value is -1.98. The number of fused-ring (bicyclic) bond motifs is 1. The number of ether oxygens (including phenoxy) is 2. The first-order chi connectivity index (χ1) is 8.55. The van der Waals surface area contributed by atoms with Crippen molar-refractivity contribution in [1.29, 1.82) is 0 Å². The average Bonchev–Trinajstić information content (AvgIpc) is 2.79. The molecule has 2 rings (SSSR count). The standard InChI is InChI=1S/C12H12FNO4/c1-17-10(15)12(11(16)18-2)5-7-8(13)3-4-14-9(7)6-12/h3-4H,5-6H2,1-2H3. The van der Waals surface area contributed by atoms with E-state index in [2.05, 4.69) is 14.5 Å². The molecule has 0 radical (unpaired) electrons. The second-order valence-corrected chi connectivity index (χ2v) is 4.14. The molecule has 1 aliphatic rings. The van der Waals surface area contributed by atoms with Crippen molar-refractivity contribution >= 4 is 11.9 Å². The topological polar surface area (TPSA) is 65.5 Å². The van der Waals surface area contributed by atoms with Crippen molar-refractivity contribution in [2.24, 2.45) is 5.41 Å². The summed E-state index contributed by atoms with van der Waals surface area (Å²) in [5.74, 6) is -1.94. The van der Waals surface area contributed by atoms with E-state index in [-0.39, 0.29) is 18.4 Å². The first kappa shape index (κ1) is 12.5. The number of methoxy groups -OCH3 is 2. The Bertz CT molecular complexity index is 499. The minimum absolute atomic E-state index is 0.000556. The summed E-state index contributed by atoms with van der Waals surface area (Å²) in [4.78, 5) is 27.7. The van der Waals surface area contributed by atoms with Crippen LogP contribution in [0.3, 0.4) is 0 Å². The van der Waals surface area contributed by atoms with Gasteiger partial charge in [-0.25, -0.2) is 4.39 Å². The van der Waals surface area contributed by atoms with E-state index >= 15 is 0 Å². The van der Waals surface area contributed by atoms with Crippen LogP contribution in [0.2, 0.25) is 0 Å². The van der Waals surface area contributed by atoms with E-state index in [1.165, 1.54) is 26.5 Å². The van der Waals surface area contributed by atoms with Gasteiger partial charge in [0.15, 0.2) is 5.41 Å². The zero-order valence-electron chi connectivity index (χ0n) is 10.0. The molecule has 18 heavy (non-hydrogen) atoms. The highest BCUT2D eigenvalue weighted by molar-refractivity contribution is 6.01. The largest absolute Gasteiger partial charge is 0.468 e. The molecule has 0 unspecified atom stereocenters. The van der Waals surface area contributed by atoms with E-state index in [4.69, 9.17) is 0 Å². The highest BCUT2D eigenvalue weighted by atomic mass is 19.1. The van der Waals surface area contributed by atoms with E-state index in [1.807, 2.05) is 0 Å². The molecular formula is C12H12FNO4. The molecule has 1 aliphatic carbocycles. The third-order valence-corrected chi connectivity index (χ3v) is 3.19. The number of esters is 2. The maximum Gasteiger partial charge on any atom is 0.323 e. The van der Waals surface area contributed by atoms with Crippen molar-refractivity contribution in [2.75, 3.05) is 14.2 Å². The van der Waals surface area contributed by atoms with Crippen LogP contribution in [0.4, 0.5) is 4.39 Å². The SMILES string of the molecule is COC(=O)C1(C(=O)OC)Cc2nccc(F)c2C1. The van der Waals surface area contributed by atoms with Gasteiger partial charge in [0.2, 0.25) is 0 Å². The summed E-state index contributed by atoms with van der Waals surface area (Å²) in [7, 11) is 2.36. The van der Waals surface area contributed by atoms with Crippen LogP contribution in [0.15, 0.2) is 12.3 Å². The molecule has 0 aliphatic heterocycles. The normalized spacial score (nSPS) is 15.9. The van der Waals surface area contributed by atoms with Crippen LogP contribution in [0, 0.1) is 11.2 Å². The third kappa shape index (κ3) is 1.64. The number of nitrogens with zero attached hydrogens (tertiary/aromatic N) is 1. The van der Waals surface area contributed by atoms with Gasteiger partial charge in [-0.1, -0.05) is 0 Å². The number of hydrogen-bond donors (Lipinski definition) is 0. The number of carbonyl (C=O) groups is 2. The molecule has 0 N–H and O–H groups in total. The zero-order chi connectivity index (χ0) is 13.3. The Balaban J connectivity index is 2.47. The van der Waals surface area contributed by atoms with Gasteiger partial charge in [-0.05, 0) is 6.07 Å². The van der Waals surface area contributed by atoms with Crippen LogP contribution in [0.1, 0.15) is 11.3 Å². The van der Waals surface area contributed by atoms with Gasteiger partial charge in [0, 0.05) is 30.3 Å². The number of aromatic nitrogens is 1. The average molecular weight is 253 g/mol. The van der Waals surface area contributed by atoms with Crippen molar-refractivity contribution in [3.63, 3.8) is 0 Å². The lowest BCUT2D eigenvalue weighted by Gasteiger charge is -2.22. The van der Waals surface area contributed by atoms with Gasteiger partial charge in [-0.3, -0.25) is 14.6 Å². The molecular weight excluding hydrogens is 241 g/mol. The Morgan fingerprint density at radius 2 is 1.89 bits per heavy atom. The number of pyridine rings is 1. The lowest BCUT2D eigenvalue weighted by molar-refractivity contribution is -0.168. The predicted octanol–water partition coefficient (Wildman–Crippen LogP) is 0.652. The summed E-state index contributed by atoms with van der Waals surface area (Å²) < 4.78 is 22.9. The van der Waals surface area contributed by atoms with E-state index in [0.29, 0.717) is 5.69 Å². The summed E-state index contributed by atoms with van der Waals surface area (Å²) in [6.45, 7) is 0. The molecule has 0 saturated carbocycles. The summed E-state index contributed by atoms with van der Waals surface area (Å²) in [5, 5.41) is 0. The second-order valence-electron chi connectivity index (χ2n) is 4.14. The molecule has 0 fully saturated rings. The zero-order valence-corrected chi connectivity index (χ0v) is 10.0. The minimum atomic E-state index is -1.51. The lowest BCUT2D eigenvalue weighted by atomic mass is 9.85. The van der Waals surface area contributed by atoms with Gasteiger partial charge >= 0.3 is 11.9 Å². The van der Waals surface area contributed by atoms with Crippen LogP contribution in [0.5, 0.6) is 0 Å². The first-order valence-electron chi connectivity index (χ1n) is 5.34. The second kappa shape index (κ2) is 4.36. The van der Waals surface area contributed by atoms with E-state index in [1.54, 1.807) is 0 Å². The highest BCUT2D eigenvalue weighted by Crippen LogP contribution is 2.39. The molecule has 0 spiro atoms. The van der Waals surface area contributed by atoms with Gasteiger partial charge in [0.25, 0.3) is 0 Å². The van der Waals surface area contributed by atoms with E-state index < -0.39 is 23.2 Å². The summed E-state index contributed by atoms with van der Waals surface area (Å²) in [6.07, 6.45) is 1.22. The molecule has 0 bridgehead atoms. The Morgan fingerprint density at radius 3 is 2.39 bits per heavy atom. The van der Waals surface area contributed by atoms with Gasteiger partial charge in [-0.2, -0.15) is 0 Å². The Morgan fingerprint density at radius 1 is 1.28 bits per heavy atom. The maximum atomic E-state index is 13.6. The predicted molar refractivity (Wildman–Crippen MR) is 58.1 cm³/mol. The number of rotatable bonds is 2. The van der Waals surface area contributed by atoms with Gasteiger partial charge in [0.05, 0.1) is 14.2 Å². The van der Waals surface area contributed by atoms with Crippen molar-refractivity contribution in [3.05, 3.63) is 29.3 Å². The van der Waals surface area contributed by atoms with Crippen molar-refractivity contribution in [3.8, 4) is 0 Å². The monoisotopic (exact) mass is 253 g/mol. The Kier molecular flexibility index (Phi) is 3.02. The fourth-order valence-electron chi connectivity index (χ4n) is 2.26. The van der Waals surface area contributed by atoms with Crippen LogP contribution in [-0.4, -0.2) is 31.1 Å². The van der Waals surface area contributed by atoms with Gasteiger partial charge in [0.1, 0.15) is 5.82 Å². The van der Waals surface area contributed by atoms with E-state index in [0.717, 1.165) is 0 Å². The molecule has 1 aromatic heterocycles. The first-order valence-corrected chi connectivity index (χ1v) is 5.34. The molecule has 96 valence electrons. The summed E-state index contributed by atoms with van der Waals surface area (Å²) in [5.41, 5.74) is -0.847. The van der Waals surface area contributed by atoms with Gasteiger partial charge < -0.3 is 9.47 Å². The molecule has 5 nitrogen and oxygen atoms in total. The lowest BCUT2D eigenvalue weighted by Crippen LogP contribution is -2.42. The van der Waals surface area contributed by atoms with E-state index in [9.17, 15) is 14.0 Å². The summed E-state index contributed by atoms with van der Waals surface area (Å²) in [6, 6.07) is 1.20. The van der Waals surface area contributed by atoms with Crippen molar-refractivity contribution in [1.82, 2.24) is 4.98 Å². The fourth-order valence-corrected chi connectivity index (χ4v) is 2.26. The van der Waals surface area contributed by atoms with Crippen LogP contribution in [-0.2, 0) is 31.9 Å². The highest BCUT2D eigenvalue weighted by Gasteiger charge is 2.53. The molecule has 0 aromatic carbocycles. The summed E-state index contributed by atoms with van der Waals surface area (Å²) >= 11 is 0. The third-order valence-electron chi connectivity index (χ3n) is 3.19. The maximum absolute atomic E-state index is 13.6. The molecule has 0 amide bonds. The number of hydrogen-bond acceptors (Lipinski definition) is 5.